The van der Waals surface area contributed by atoms with Gasteiger partial charge in [0, 0.05) is 95.1 Å². The lowest BCUT2D eigenvalue weighted by atomic mass is 9.92. The van der Waals surface area contributed by atoms with Gasteiger partial charge < -0.3 is 29.3 Å². The number of hydrogen-bond acceptors (Lipinski definition) is 10. The Morgan fingerprint density at radius 2 is 1.70 bits per heavy atom. The minimum atomic E-state index is -0.466. The van der Waals surface area contributed by atoms with Crippen LogP contribution >= 0.6 is 11.6 Å². The summed E-state index contributed by atoms with van der Waals surface area (Å²) in [6, 6.07) is 16.4. The summed E-state index contributed by atoms with van der Waals surface area (Å²) in [6.45, 7) is 5.03. The number of urea groups is 1. The molecule has 15 nitrogen and oxygen atoms in total. The van der Waals surface area contributed by atoms with E-state index in [1.807, 2.05) is 18.2 Å². The second-order valence-corrected chi connectivity index (χ2v) is 17.1. The van der Waals surface area contributed by atoms with Crippen LogP contribution in [0.1, 0.15) is 90.2 Å². The number of benzene rings is 2. The molecule has 0 radical (unpaired) electrons. The quantitative estimate of drug-likeness (QED) is 0.200. The normalized spacial score (nSPS) is 20.8. The summed E-state index contributed by atoms with van der Waals surface area (Å²) >= 11 is 6.16. The third-order valence-corrected chi connectivity index (χ3v) is 12.8. The number of amides is 5. The molecule has 0 unspecified atom stereocenters. The molecule has 2 N–H and O–H groups in total. The molecular weight excluding hydrogens is 784 g/mol. The highest BCUT2D eigenvalue weighted by atomic mass is 35.5. The smallest absolute Gasteiger partial charge is 0.328 e. The zero-order chi connectivity index (χ0) is 41.9. The van der Waals surface area contributed by atoms with E-state index in [0.29, 0.717) is 39.2 Å². The molecule has 3 aliphatic heterocycles. The van der Waals surface area contributed by atoms with Gasteiger partial charge in [0.15, 0.2) is 11.5 Å². The molecule has 4 fully saturated rings. The van der Waals surface area contributed by atoms with Crippen molar-refractivity contribution in [2.45, 2.75) is 76.0 Å². The van der Waals surface area contributed by atoms with Crippen molar-refractivity contribution in [3.63, 3.8) is 0 Å². The Labute approximate surface area is 354 Å². The number of fused-ring (bicyclic) bond motifs is 1. The average molecular weight is 835 g/mol. The van der Waals surface area contributed by atoms with Crippen LogP contribution in [-0.4, -0.2) is 114 Å². The highest BCUT2D eigenvalue weighted by Crippen LogP contribution is 2.36. The maximum atomic E-state index is 13.2. The number of ether oxygens (including phenoxy) is 1. The molecule has 3 saturated heterocycles. The number of likely N-dealkylation sites (tertiary alicyclic amines) is 1. The first-order chi connectivity index (χ1) is 29.0. The molecule has 1 saturated carbocycles. The maximum Gasteiger partial charge on any atom is 0.328 e. The lowest BCUT2D eigenvalue weighted by Gasteiger charge is -2.38. The summed E-state index contributed by atoms with van der Waals surface area (Å²) in [6.07, 6.45) is 9.53. The van der Waals surface area contributed by atoms with Crippen LogP contribution in [0.2, 0.25) is 5.02 Å². The van der Waals surface area contributed by atoms with E-state index in [0.717, 1.165) is 101 Å². The van der Waals surface area contributed by atoms with Gasteiger partial charge in [-0.05, 0) is 99.7 Å². The van der Waals surface area contributed by atoms with E-state index in [2.05, 4.69) is 47.5 Å². The molecular formula is C44H51ClN10O5. The molecule has 60 heavy (non-hydrogen) atoms. The highest BCUT2D eigenvalue weighted by molar-refractivity contribution is 6.31. The third-order valence-electron chi connectivity index (χ3n) is 12.5. The number of piperidine rings is 2. The molecule has 1 aliphatic carbocycles. The Kier molecular flexibility index (Phi) is 12.2. The van der Waals surface area contributed by atoms with Crippen molar-refractivity contribution >= 4 is 57.8 Å². The topological polar surface area (TPSA) is 169 Å². The van der Waals surface area contributed by atoms with Crippen molar-refractivity contribution < 1.29 is 23.9 Å². The van der Waals surface area contributed by atoms with Crippen LogP contribution in [0, 0.1) is 17.2 Å². The predicted octanol–water partition coefficient (Wildman–Crippen LogP) is 5.78. The molecule has 5 amide bonds. The van der Waals surface area contributed by atoms with Crippen LogP contribution in [0.25, 0.3) is 10.9 Å². The third kappa shape index (κ3) is 9.05. The van der Waals surface area contributed by atoms with Gasteiger partial charge in [0.1, 0.15) is 11.8 Å². The van der Waals surface area contributed by atoms with Gasteiger partial charge in [-0.15, -0.1) is 10.2 Å². The van der Waals surface area contributed by atoms with Gasteiger partial charge in [0.05, 0.1) is 27.9 Å². The zero-order valence-corrected chi connectivity index (χ0v) is 34.9. The second kappa shape index (κ2) is 17.9. The fourth-order valence-electron chi connectivity index (χ4n) is 9.10. The summed E-state index contributed by atoms with van der Waals surface area (Å²) in [4.78, 5) is 58.9. The summed E-state index contributed by atoms with van der Waals surface area (Å²) in [5, 5.41) is 24.7. The number of hydrogen-bond donors (Lipinski definition) is 2. The van der Waals surface area contributed by atoms with Crippen molar-refractivity contribution in [1.82, 2.24) is 35.2 Å². The zero-order valence-electron chi connectivity index (χ0n) is 34.1. The van der Waals surface area contributed by atoms with Crippen LogP contribution in [0.4, 0.5) is 16.3 Å². The predicted molar refractivity (Wildman–Crippen MR) is 227 cm³/mol. The number of imide groups is 1. The molecule has 2 aromatic carbocycles. The maximum absolute atomic E-state index is 13.2. The molecule has 2 aromatic heterocycles. The monoisotopic (exact) mass is 834 g/mol. The first kappa shape index (κ1) is 41.0. The number of halogens is 1. The number of carbonyl (C=O) groups excluding carboxylic acids is 4. The van der Waals surface area contributed by atoms with Gasteiger partial charge in [-0.3, -0.25) is 24.6 Å². The molecule has 0 atom stereocenters. The number of anilines is 2. The van der Waals surface area contributed by atoms with Crippen molar-refractivity contribution in [1.29, 1.82) is 5.26 Å². The molecule has 4 aliphatic rings. The molecule has 0 spiro atoms. The summed E-state index contributed by atoms with van der Waals surface area (Å²) in [7, 11) is 3.44. The number of nitrogens with one attached hydrogen (secondary N) is 2. The lowest BCUT2D eigenvalue weighted by Crippen LogP contribution is -2.49. The second-order valence-electron chi connectivity index (χ2n) is 16.7. The Morgan fingerprint density at radius 3 is 2.37 bits per heavy atom. The largest absolute Gasteiger partial charge is 0.490 e. The average Bonchev–Trinajstić information content (AvgIpc) is 3.69. The number of nitriles is 1. The van der Waals surface area contributed by atoms with Gasteiger partial charge in [0.25, 0.3) is 11.8 Å². The first-order valence-corrected chi connectivity index (χ1v) is 21.4. The summed E-state index contributed by atoms with van der Waals surface area (Å²) in [5.41, 5.74) is 2.80. The Hall–Kier alpha value is -5.72. The molecule has 314 valence electrons. The minimum Gasteiger partial charge on any atom is -0.490 e. The number of nitrogens with zero attached hydrogens (tertiary/aromatic N) is 8. The van der Waals surface area contributed by atoms with Gasteiger partial charge in [-0.1, -0.05) is 11.6 Å². The van der Waals surface area contributed by atoms with Gasteiger partial charge >= 0.3 is 6.03 Å². The molecule has 5 heterocycles. The van der Waals surface area contributed by atoms with Crippen molar-refractivity contribution in [3.05, 3.63) is 76.6 Å². The van der Waals surface area contributed by atoms with Crippen LogP contribution in [-0.2, 0) is 4.79 Å². The van der Waals surface area contributed by atoms with Crippen LogP contribution in [0.3, 0.4) is 0 Å². The Balaban J connectivity index is 0.794. The van der Waals surface area contributed by atoms with E-state index in [9.17, 15) is 19.2 Å². The Bertz CT molecular complexity index is 2280. The van der Waals surface area contributed by atoms with Gasteiger partial charge in [-0.2, -0.15) is 5.26 Å². The summed E-state index contributed by atoms with van der Waals surface area (Å²) < 4.78 is 8.36. The molecule has 4 aromatic rings. The standard InChI is InChI=1S/C44H51ClN10O5/c1-51(2)43(58)30-23-38-35(39(24-30)55-22-16-41(56)48-44(55)59)15-21-54(38)32-13-17-52(18-14-32)27-28-11-19-53(20-12-28)40-10-9-37(49-50-40)42(57)47-31-4-7-33(8-5-31)60-34-6-3-29(26-46)36(45)25-34/h3,6,9-10,15,21,23-25,28,31-33H,4-5,7-8,11-14,16-20,22,27H2,1-2H3,(H,47,57)(H,48,56,59). The van der Waals surface area contributed by atoms with Gasteiger partial charge in [-0.25, -0.2) is 4.79 Å². The number of carbonyl (C=O) groups is 4. The molecule has 0 bridgehead atoms. The van der Waals surface area contributed by atoms with E-state index in [-0.39, 0.29) is 48.9 Å². The molecule has 16 heteroatoms. The van der Waals surface area contributed by atoms with Crippen molar-refractivity contribution in [2.24, 2.45) is 5.92 Å². The number of aromatic nitrogens is 3. The van der Waals surface area contributed by atoms with E-state index in [4.69, 9.17) is 21.6 Å². The van der Waals surface area contributed by atoms with Gasteiger partial charge in [0.2, 0.25) is 5.91 Å². The van der Waals surface area contributed by atoms with Crippen LogP contribution in [0.5, 0.6) is 5.75 Å². The SMILES string of the molecule is CN(C)C(=O)c1cc(N2CCC(=O)NC2=O)c2ccn(C3CCN(CC4CCN(c5ccc(C(=O)NC6CCC(Oc7ccc(C#N)c(Cl)c7)CC6)nn5)CC4)CC3)c2c1. The van der Waals surface area contributed by atoms with E-state index in [1.54, 1.807) is 49.3 Å². The van der Waals surface area contributed by atoms with Crippen molar-refractivity contribution in [3.8, 4) is 11.8 Å². The number of rotatable bonds is 10. The van der Waals surface area contributed by atoms with Crippen molar-refractivity contribution in [2.75, 3.05) is 63.2 Å². The van der Waals surface area contributed by atoms with E-state index in [1.165, 1.54) is 4.90 Å². The van der Waals surface area contributed by atoms with Crippen LogP contribution in [0.15, 0.2) is 54.7 Å². The fourth-order valence-corrected chi connectivity index (χ4v) is 9.31. The Morgan fingerprint density at radius 1 is 0.933 bits per heavy atom. The van der Waals surface area contributed by atoms with E-state index >= 15 is 0 Å². The molecule has 8 rings (SSSR count). The van der Waals surface area contributed by atoms with E-state index < -0.39 is 6.03 Å². The minimum absolute atomic E-state index is 0.0230. The lowest BCUT2D eigenvalue weighted by molar-refractivity contribution is -0.120. The first-order valence-electron chi connectivity index (χ1n) is 21.0. The van der Waals surface area contributed by atoms with Crippen LogP contribution < -0.4 is 25.2 Å². The summed E-state index contributed by atoms with van der Waals surface area (Å²) in [5.74, 6) is 1.36. The highest BCUT2D eigenvalue weighted by Gasteiger charge is 2.31. The fraction of sp³-hybridized carbons (Fsp3) is 0.477.